The number of fused-ring (bicyclic) bond motifs is 2. The highest BCUT2D eigenvalue weighted by atomic mass is 19.1. The van der Waals surface area contributed by atoms with Crippen LogP contribution in [0.1, 0.15) is 24.1 Å². The highest BCUT2D eigenvalue weighted by Crippen LogP contribution is 2.29. The molecule has 0 radical (unpaired) electrons. The maximum atomic E-state index is 14.2. The molecular formula is C23H18FN5. The fraction of sp³-hybridized carbons (Fsp3) is 0.130. The van der Waals surface area contributed by atoms with Gasteiger partial charge < -0.3 is 4.57 Å². The maximum Gasteiger partial charge on any atom is 0.197 e. The van der Waals surface area contributed by atoms with Gasteiger partial charge in [0, 0.05) is 17.1 Å². The van der Waals surface area contributed by atoms with E-state index in [9.17, 15) is 4.39 Å². The normalized spacial score (nSPS) is 12.5. The Morgan fingerprint density at radius 2 is 1.86 bits per heavy atom. The highest BCUT2D eigenvalue weighted by molar-refractivity contribution is 5.80. The van der Waals surface area contributed by atoms with E-state index in [0.29, 0.717) is 22.6 Å². The topological polar surface area (TPSA) is 56.5 Å². The van der Waals surface area contributed by atoms with Gasteiger partial charge in [0.2, 0.25) is 0 Å². The largest absolute Gasteiger partial charge is 0.307 e. The van der Waals surface area contributed by atoms with Gasteiger partial charge in [-0.05, 0) is 55.3 Å². The predicted molar refractivity (Wildman–Crippen MR) is 111 cm³/mol. The van der Waals surface area contributed by atoms with Crippen molar-refractivity contribution in [3.05, 3.63) is 84.2 Å². The first-order valence-corrected chi connectivity index (χ1v) is 9.41. The summed E-state index contributed by atoms with van der Waals surface area (Å²) >= 11 is 0. The van der Waals surface area contributed by atoms with Crippen molar-refractivity contribution in [3.8, 4) is 11.3 Å². The van der Waals surface area contributed by atoms with Crippen molar-refractivity contribution in [2.24, 2.45) is 0 Å². The van der Waals surface area contributed by atoms with E-state index in [1.807, 2.05) is 10.6 Å². The van der Waals surface area contributed by atoms with Gasteiger partial charge in [-0.3, -0.25) is 4.98 Å². The van der Waals surface area contributed by atoms with Crippen LogP contribution in [0.2, 0.25) is 0 Å². The van der Waals surface area contributed by atoms with Crippen molar-refractivity contribution >= 4 is 22.2 Å². The fourth-order valence-electron chi connectivity index (χ4n) is 3.73. The van der Waals surface area contributed by atoms with Crippen molar-refractivity contribution in [2.75, 3.05) is 0 Å². The third kappa shape index (κ3) is 2.93. The van der Waals surface area contributed by atoms with Gasteiger partial charge in [-0.2, -0.15) is 0 Å². The molecule has 0 aliphatic carbocycles. The molecule has 0 N–H and O–H groups in total. The number of imidazole rings is 1. The van der Waals surface area contributed by atoms with Crippen LogP contribution in [0, 0.1) is 12.7 Å². The Morgan fingerprint density at radius 1 is 1.00 bits per heavy atom. The lowest BCUT2D eigenvalue weighted by molar-refractivity contribution is 0.630. The minimum atomic E-state index is -0.321. The summed E-state index contributed by atoms with van der Waals surface area (Å²) in [6.07, 6.45) is 5.11. The molecule has 0 spiro atoms. The van der Waals surface area contributed by atoms with Crippen molar-refractivity contribution in [1.29, 1.82) is 0 Å². The number of aryl methyl sites for hydroxylation is 1. The zero-order chi connectivity index (χ0) is 20.0. The van der Waals surface area contributed by atoms with E-state index in [0.717, 1.165) is 22.0 Å². The number of halogens is 1. The van der Waals surface area contributed by atoms with Gasteiger partial charge in [-0.25, -0.2) is 19.3 Å². The number of nitrogens with zero attached hydrogens (tertiary/aromatic N) is 5. The van der Waals surface area contributed by atoms with Crippen LogP contribution < -0.4 is 0 Å². The van der Waals surface area contributed by atoms with Gasteiger partial charge in [-0.1, -0.05) is 18.2 Å². The predicted octanol–water partition coefficient (Wildman–Crippen LogP) is 5.10. The number of hydrogen-bond donors (Lipinski definition) is 0. The van der Waals surface area contributed by atoms with Gasteiger partial charge in [-0.15, -0.1) is 0 Å². The molecule has 1 unspecified atom stereocenters. The molecule has 5 nitrogen and oxygen atoms in total. The number of hydrogen-bond acceptors (Lipinski definition) is 4. The first kappa shape index (κ1) is 17.4. The Morgan fingerprint density at radius 3 is 2.72 bits per heavy atom. The van der Waals surface area contributed by atoms with Crippen molar-refractivity contribution in [2.45, 2.75) is 19.9 Å². The summed E-state index contributed by atoms with van der Waals surface area (Å²) in [5, 5.41) is 1.09. The zero-order valence-corrected chi connectivity index (χ0v) is 16.0. The number of pyridine rings is 1. The minimum Gasteiger partial charge on any atom is -0.307 e. The van der Waals surface area contributed by atoms with Gasteiger partial charge in [0.15, 0.2) is 11.3 Å². The quantitative estimate of drug-likeness (QED) is 0.435. The molecule has 6 heteroatoms. The number of aromatic nitrogens is 5. The minimum absolute atomic E-state index is 0.0187. The molecule has 0 aliphatic heterocycles. The number of rotatable bonds is 3. The van der Waals surface area contributed by atoms with Crippen LogP contribution >= 0.6 is 0 Å². The van der Waals surface area contributed by atoms with Crippen molar-refractivity contribution < 1.29 is 4.39 Å². The van der Waals surface area contributed by atoms with Gasteiger partial charge in [0.25, 0.3) is 0 Å². The smallest absolute Gasteiger partial charge is 0.197 e. The Labute approximate surface area is 166 Å². The van der Waals surface area contributed by atoms with Crippen LogP contribution in [0.25, 0.3) is 33.5 Å². The molecule has 0 bridgehead atoms. The summed E-state index contributed by atoms with van der Waals surface area (Å²) < 4.78 is 16.2. The highest BCUT2D eigenvalue weighted by Gasteiger charge is 2.17. The molecular weight excluding hydrogens is 365 g/mol. The first-order valence-electron chi connectivity index (χ1n) is 9.41. The third-order valence-electron chi connectivity index (χ3n) is 5.29. The maximum absolute atomic E-state index is 14.2. The molecule has 5 aromatic rings. The molecule has 29 heavy (non-hydrogen) atoms. The van der Waals surface area contributed by atoms with Crippen LogP contribution in [-0.2, 0) is 0 Å². The molecule has 5 rings (SSSR count). The Balaban J connectivity index is 1.64. The molecule has 0 fully saturated rings. The Hall–Kier alpha value is -3.67. The van der Waals surface area contributed by atoms with Crippen LogP contribution in [0.4, 0.5) is 4.39 Å². The second kappa shape index (κ2) is 6.74. The summed E-state index contributed by atoms with van der Waals surface area (Å²) in [7, 11) is 0. The fourth-order valence-corrected chi connectivity index (χ4v) is 3.73. The van der Waals surface area contributed by atoms with Crippen LogP contribution in [-0.4, -0.2) is 24.5 Å². The lowest BCUT2D eigenvalue weighted by Gasteiger charge is -2.18. The molecule has 142 valence electrons. The molecule has 0 saturated carbocycles. The number of benzene rings is 2. The summed E-state index contributed by atoms with van der Waals surface area (Å²) in [5.74, 6) is -0.321. The lowest BCUT2D eigenvalue weighted by atomic mass is 9.99. The summed E-state index contributed by atoms with van der Waals surface area (Å²) in [6.45, 7) is 4.18. The average Bonchev–Trinajstić information content (AvgIpc) is 3.16. The second-order valence-electron chi connectivity index (χ2n) is 7.12. The van der Waals surface area contributed by atoms with Gasteiger partial charge >= 0.3 is 0 Å². The molecule has 2 aromatic carbocycles. The van der Waals surface area contributed by atoms with Gasteiger partial charge in [0.05, 0.1) is 29.8 Å². The van der Waals surface area contributed by atoms with Crippen LogP contribution in [0.15, 0.2) is 67.3 Å². The van der Waals surface area contributed by atoms with Crippen molar-refractivity contribution in [1.82, 2.24) is 24.5 Å². The molecule has 0 aliphatic rings. The first-order chi connectivity index (χ1) is 14.1. The van der Waals surface area contributed by atoms with Crippen LogP contribution in [0.3, 0.4) is 0 Å². The monoisotopic (exact) mass is 383 g/mol. The Kier molecular flexibility index (Phi) is 4.05. The zero-order valence-electron chi connectivity index (χ0n) is 16.0. The Bertz CT molecular complexity index is 1360. The van der Waals surface area contributed by atoms with E-state index >= 15 is 0 Å². The van der Waals surface area contributed by atoms with E-state index in [1.54, 1.807) is 36.9 Å². The average molecular weight is 383 g/mol. The SMILES string of the molecule is Cc1cc2ncccc2cc1C(C)n1cnc2ncc(-c3ccccc3F)nc21. The van der Waals surface area contributed by atoms with Gasteiger partial charge in [0.1, 0.15) is 5.82 Å². The van der Waals surface area contributed by atoms with E-state index in [-0.39, 0.29) is 11.9 Å². The standard InChI is InChI=1S/C23H18FN5/c1-14-10-20-16(6-5-9-25-20)11-18(14)15(2)29-13-27-22-23(29)28-21(12-26-22)17-7-3-4-8-19(17)24/h3-13,15H,1-2H3. The van der Waals surface area contributed by atoms with E-state index in [1.165, 1.54) is 6.07 Å². The third-order valence-corrected chi connectivity index (χ3v) is 5.29. The molecule has 3 heterocycles. The van der Waals surface area contributed by atoms with E-state index < -0.39 is 0 Å². The van der Waals surface area contributed by atoms with E-state index in [2.05, 4.69) is 47.0 Å². The summed E-state index contributed by atoms with van der Waals surface area (Å²) in [5.41, 5.74) is 5.35. The molecule has 1 atom stereocenters. The molecule has 0 saturated heterocycles. The summed E-state index contributed by atoms with van der Waals surface area (Å²) in [4.78, 5) is 17.9. The molecule has 0 amide bonds. The second-order valence-corrected chi connectivity index (χ2v) is 7.12. The molecule has 3 aromatic heterocycles. The van der Waals surface area contributed by atoms with Crippen molar-refractivity contribution in [3.63, 3.8) is 0 Å². The summed E-state index contributed by atoms with van der Waals surface area (Å²) in [6, 6.07) is 14.8. The lowest BCUT2D eigenvalue weighted by Crippen LogP contribution is -2.08. The van der Waals surface area contributed by atoms with E-state index in [4.69, 9.17) is 4.98 Å². The van der Waals surface area contributed by atoms with Crippen LogP contribution in [0.5, 0.6) is 0 Å².